The van der Waals surface area contributed by atoms with Crippen LogP contribution >= 0.6 is 11.8 Å². The third-order valence-electron chi connectivity index (χ3n) is 5.27. The summed E-state index contributed by atoms with van der Waals surface area (Å²) >= 11 is 1.76. The Hall–Kier alpha value is -3.77. The van der Waals surface area contributed by atoms with Crippen LogP contribution in [-0.2, 0) is 11.2 Å². The van der Waals surface area contributed by atoms with Gasteiger partial charge in [0.1, 0.15) is 23.1 Å². The SMILES string of the molecule is CCSc1ccc(CC(=O)Nc2ccc(-c3cccc(F)c3)c(Oc3cccc(OC)c3)c2)cc1. The maximum atomic E-state index is 13.9. The normalized spacial score (nSPS) is 10.6. The zero-order valence-electron chi connectivity index (χ0n) is 19.6. The van der Waals surface area contributed by atoms with E-state index >= 15 is 0 Å². The van der Waals surface area contributed by atoms with Crippen molar-refractivity contribution in [3.63, 3.8) is 0 Å². The van der Waals surface area contributed by atoms with Crippen LogP contribution in [0, 0.1) is 5.82 Å². The molecule has 6 heteroatoms. The molecule has 0 aliphatic rings. The van der Waals surface area contributed by atoms with Crippen molar-refractivity contribution in [2.75, 3.05) is 18.2 Å². The van der Waals surface area contributed by atoms with E-state index in [9.17, 15) is 9.18 Å². The number of amides is 1. The van der Waals surface area contributed by atoms with E-state index in [1.807, 2.05) is 54.6 Å². The topological polar surface area (TPSA) is 47.6 Å². The quantitative estimate of drug-likeness (QED) is 0.247. The number of ether oxygens (including phenoxy) is 2. The third kappa shape index (κ3) is 6.64. The molecule has 0 saturated carbocycles. The molecule has 0 aromatic heterocycles. The number of nitrogens with one attached hydrogen (secondary N) is 1. The predicted molar refractivity (Wildman–Crippen MR) is 140 cm³/mol. The van der Waals surface area contributed by atoms with E-state index < -0.39 is 0 Å². The minimum atomic E-state index is -0.337. The van der Waals surface area contributed by atoms with E-state index in [0.717, 1.165) is 11.3 Å². The molecule has 4 rings (SSSR count). The van der Waals surface area contributed by atoms with Crippen molar-refractivity contribution in [1.29, 1.82) is 0 Å². The molecule has 0 spiro atoms. The van der Waals surface area contributed by atoms with Gasteiger partial charge >= 0.3 is 0 Å². The van der Waals surface area contributed by atoms with E-state index in [4.69, 9.17) is 9.47 Å². The molecule has 0 aliphatic carbocycles. The highest BCUT2D eigenvalue weighted by molar-refractivity contribution is 7.99. The highest BCUT2D eigenvalue weighted by atomic mass is 32.2. The number of hydrogen-bond donors (Lipinski definition) is 1. The molecule has 0 fully saturated rings. The van der Waals surface area contributed by atoms with Crippen LogP contribution in [0.25, 0.3) is 11.1 Å². The first-order valence-corrected chi connectivity index (χ1v) is 12.3. The predicted octanol–water partition coefficient (Wildman–Crippen LogP) is 7.59. The van der Waals surface area contributed by atoms with Crippen molar-refractivity contribution in [3.8, 4) is 28.4 Å². The van der Waals surface area contributed by atoms with Gasteiger partial charge in [-0.2, -0.15) is 0 Å². The molecule has 0 heterocycles. The zero-order valence-corrected chi connectivity index (χ0v) is 20.4. The number of methoxy groups -OCH3 is 1. The summed E-state index contributed by atoms with van der Waals surface area (Å²) in [7, 11) is 1.59. The molecule has 4 aromatic carbocycles. The lowest BCUT2D eigenvalue weighted by molar-refractivity contribution is -0.115. The van der Waals surface area contributed by atoms with Gasteiger partial charge in [0.2, 0.25) is 5.91 Å². The van der Waals surface area contributed by atoms with Gasteiger partial charge in [0.15, 0.2) is 0 Å². The standard InChI is InChI=1S/C29H26FNO3S/c1-3-35-26-13-10-20(11-14-26)16-29(32)31-23-12-15-27(21-6-4-7-22(30)17-21)28(18-23)34-25-9-5-8-24(19-25)33-2/h4-15,17-19H,3,16H2,1-2H3,(H,31,32). The average molecular weight is 488 g/mol. The molecule has 178 valence electrons. The molecular weight excluding hydrogens is 461 g/mol. The van der Waals surface area contributed by atoms with Gasteiger partial charge in [0.05, 0.1) is 13.5 Å². The molecule has 4 aromatic rings. The van der Waals surface area contributed by atoms with E-state index in [-0.39, 0.29) is 18.1 Å². The highest BCUT2D eigenvalue weighted by Crippen LogP contribution is 2.36. The first kappa shape index (κ1) is 24.4. The Morgan fingerprint density at radius 2 is 1.69 bits per heavy atom. The summed E-state index contributed by atoms with van der Waals surface area (Å²) in [5.74, 6) is 2.24. The van der Waals surface area contributed by atoms with Gasteiger partial charge in [0, 0.05) is 28.3 Å². The zero-order chi connectivity index (χ0) is 24.6. The van der Waals surface area contributed by atoms with Gasteiger partial charge < -0.3 is 14.8 Å². The summed E-state index contributed by atoms with van der Waals surface area (Å²) in [5.41, 5.74) is 2.90. The fourth-order valence-electron chi connectivity index (χ4n) is 3.63. The Balaban J connectivity index is 1.58. The lowest BCUT2D eigenvalue weighted by atomic mass is 10.0. The van der Waals surface area contributed by atoms with Gasteiger partial charge in [-0.3, -0.25) is 4.79 Å². The fraction of sp³-hybridized carbons (Fsp3) is 0.138. The lowest BCUT2D eigenvalue weighted by Gasteiger charge is -2.15. The Labute approximate surface area is 209 Å². The molecule has 0 unspecified atom stereocenters. The van der Waals surface area contributed by atoms with Gasteiger partial charge in [-0.05, 0) is 65.4 Å². The lowest BCUT2D eigenvalue weighted by Crippen LogP contribution is -2.14. The molecule has 0 bridgehead atoms. The second-order valence-corrected chi connectivity index (χ2v) is 9.14. The van der Waals surface area contributed by atoms with E-state index in [2.05, 4.69) is 12.2 Å². The molecule has 0 atom stereocenters. The Bertz CT molecular complexity index is 1310. The van der Waals surface area contributed by atoms with Crippen LogP contribution in [0.1, 0.15) is 12.5 Å². The maximum absolute atomic E-state index is 13.9. The average Bonchev–Trinajstić information content (AvgIpc) is 2.86. The van der Waals surface area contributed by atoms with Crippen molar-refractivity contribution in [1.82, 2.24) is 0 Å². The molecule has 1 amide bonds. The molecular formula is C29H26FNO3S. The highest BCUT2D eigenvalue weighted by Gasteiger charge is 2.12. The van der Waals surface area contributed by atoms with E-state index in [1.165, 1.54) is 17.0 Å². The van der Waals surface area contributed by atoms with Crippen molar-refractivity contribution in [2.45, 2.75) is 18.2 Å². The Morgan fingerprint density at radius 1 is 0.914 bits per heavy atom. The van der Waals surface area contributed by atoms with Crippen molar-refractivity contribution >= 4 is 23.4 Å². The van der Waals surface area contributed by atoms with Gasteiger partial charge in [-0.15, -0.1) is 11.8 Å². The number of hydrogen-bond acceptors (Lipinski definition) is 4. The number of rotatable bonds is 9. The van der Waals surface area contributed by atoms with Gasteiger partial charge in [-0.1, -0.05) is 37.3 Å². The molecule has 4 nitrogen and oxygen atoms in total. The molecule has 1 N–H and O–H groups in total. The fourth-order valence-corrected chi connectivity index (χ4v) is 4.29. The summed E-state index contributed by atoms with van der Waals surface area (Å²) in [4.78, 5) is 13.9. The Morgan fingerprint density at radius 3 is 2.43 bits per heavy atom. The van der Waals surface area contributed by atoms with Gasteiger partial charge in [-0.25, -0.2) is 4.39 Å². The van der Waals surface area contributed by atoms with Crippen LogP contribution in [0.3, 0.4) is 0 Å². The minimum Gasteiger partial charge on any atom is -0.497 e. The van der Waals surface area contributed by atoms with Crippen LogP contribution in [0.15, 0.2) is 95.9 Å². The third-order valence-corrected chi connectivity index (χ3v) is 6.16. The number of carbonyl (C=O) groups excluding carboxylic acids is 1. The van der Waals surface area contributed by atoms with E-state index in [1.54, 1.807) is 43.1 Å². The monoisotopic (exact) mass is 487 g/mol. The number of thioether (sulfide) groups is 1. The van der Waals surface area contributed by atoms with Crippen molar-refractivity contribution in [3.05, 3.63) is 102 Å². The van der Waals surface area contributed by atoms with E-state index in [0.29, 0.717) is 34.1 Å². The molecule has 0 radical (unpaired) electrons. The smallest absolute Gasteiger partial charge is 0.228 e. The van der Waals surface area contributed by atoms with Crippen LogP contribution in [0.4, 0.5) is 10.1 Å². The second kappa shape index (κ2) is 11.6. The number of benzene rings is 4. The summed E-state index contributed by atoms with van der Waals surface area (Å²) in [5, 5.41) is 2.95. The Kier molecular flexibility index (Phi) is 8.06. The van der Waals surface area contributed by atoms with Crippen molar-refractivity contribution in [2.24, 2.45) is 0 Å². The summed E-state index contributed by atoms with van der Waals surface area (Å²) in [6.07, 6.45) is 0.259. The first-order valence-electron chi connectivity index (χ1n) is 11.3. The number of anilines is 1. The van der Waals surface area contributed by atoms with Crippen molar-refractivity contribution < 1.29 is 18.7 Å². The molecule has 0 aliphatic heterocycles. The van der Waals surface area contributed by atoms with Crippen LogP contribution in [0.2, 0.25) is 0 Å². The van der Waals surface area contributed by atoms with Crippen LogP contribution in [0.5, 0.6) is 17.2 Å². The summed E-state index contributed by atoms with van der Waals surface area (Å²) in [6, 6.07) is 26.9. The first-order chi connectivity index (χ1) is 17.0. The number of halogens is 1. The summed E-state index contributed by atoms with van der Waals surface area (Å²) in [6.45, 7) is 2.11. The van der Waals surface area contributed by atoms with Crippen LogP contribution in [-0.4, -0.2) is 18.8 Å². The van der Waals surface area contributed by atoms with Crippen LogP contribution < -0.4 is 14.8 Å². The molecule has 35 heavy (non-hydrogen) atoms. The number of carbonyl (C=O) groups is 1. The summed E-state index contributed by atoms with van der Waals surface area (Å²) < 4.78 is 25.4. The molecule has 0 saturated heterocycles. The maximum Gasteiger partial charge on any atom is 0.228 e. The largest absolute Gasteiger partial charge is 0.497 e. The second-order valence-electron chi connectivity index (χ2n) is 7.80. The van der Waals surface area contributed by atoms with Gasteiger partial charge in [0.25, 0.3) is 0 Å². The minimum absolute atomic E-state index is 0.133.